The molecule has 1 unspecified atom stereocenters. The second kappa shape index (κ2) is 7.63. The SMILES string of the molecule is CC(NC(=O)Cn1nnc(-c2cccc(Cl)c2)n1)c1cccc(Cl)c1. The number of nitrogens with one attached hydrogen (secondary N) is 1. The highest BCUT2D eigenvalue weighted by molar-refractivity contribution is 6.31. The molecule has 0 aliphatic rings. The van der Waals surface area contributed by atoms with E-state index >= 15 is 0 Å². The number of benzene rings is 2. The van der Waals surface area contributed by atoms with Crippen LogP contribution in [-0.2, 0) is 11.3 Å². The molecule has 2 aromatic carbocycles. The van der Waals surface area contributed by atoms with Crippen molar-refractivity contribution in [1.29, 1.82) is 0 Å². The minimum atomic E-state index is -0.220. The van der Waals surface area contributed by atoms with Crippen LogP contribution in [0.4, 0.5) is 0 Å². The highest BCUT2D eigenvalue weighted by atomic mass is 35.5. The molecule has 6 nitrogen and oxygen atoms in total. The molecular formula is C17H15Cl2N5O. The maximum atomic E-state index is 12.2. The van der Waals surface area contributed by atoms with Crippen LogP contribution in [0.2, 0.25) is 10.0 Å². The maximum absolute atomic E-state index is 12.2. The third kappa shape index (κ3) is 4.55. The fraction of sp³-hybridized carbons (Fsp3) is 0.176. The fourth-order valence-corrected chi connectivity index (χ4v) is 2.72. The molecule has 0 bridgehead atoms. The molecule has 3 aromatic rings. The normalized spacial score (nSPS) is 12.0. The predicted molar refractivity (Wildman–Crippen MR) is 96.3 cm³/mol. The van der Waals surface area contributed by atoms with Crippen molar-refractivity contribution in [3.8, 4) is 11.4 Å². The summed E-state index contributed by atoms with van der Waals surface area (Å²) in [4.78, 5) is 13.4. The van der Waals surface area contributed by atoms with Gasteiger partial charge in [-0.05, 0) is 42.0 Å². The van der Waals surface area contributed by atoms with Gasteiger partial charge in [0, 0.05) is 15.6 Å². The van der Waals surface area contributed by atoms with Crippen molar-refractivity contribution in [3.05, 3.63) is 64.1 Å². The number of aromatic nitrogens is 4. The second-order valence-corrected chi connectivity index (χ2v) is 6.37. The van der Waals surface area contributed by atoms with Crippen LogP contribution in [0.3, 0.4) is 0 Å². The van der Waals surface area contributed by atoms with Gasteiger partial charge in [-0.25, -0.2) is 0 Å². The Morgan fingerprint density at radius 3 is 2.60 bits per heavy atom. The number of tetrazole rings is 1. The number of hydrogen-bond donors (Lipinski definition) is 1. The minimum Gasteiger partial charge on any atom is -0.348 e. The lowest BCUT2D eigenvalue weighted by Crippen LogP contribution is -2.30. The van der Waals surface area contributed by atoms with Crippen molar-refractivity contribution in [1.82, 2.24) is 25.5 Å². The number of amides is 1. The van der Waals surface area contributed by atoms with Crippen LogP contribution >= 0.6 is 23.2 Å². The van der Waals surface area contributed by atoms with Crippen molar-refractivity contribution in [2.24, 2.45) is 0 Å². The fourth-order valence-electron chi connectivity index (χ4n) is 2.33. The number of halogens is 2. The summed E-state index contributed by atoms with van der Waals surface area (Å²) in [5.74, 6) is 0.195. The molecule has 0 saturated heterocycles. The van der Waals surface area contributed by atoms with E-state index in [1.807, 2.05) is 31.2 Å². The first kappa shape index (κ1) is 17.4. The summed E-state index contributed by atoms with van der Waals surface area (Å²) in [5, 5.41) is 16.2. The summed E-state index contributed by atoms with van der Waals surface area (Å²) in [7, 11) is 0. The third-order valence-corrected chi connectivity index (χ3v) is 4.02. The zero-order chi connectivity index (χ0) is 17.8. The molecule has 1 aromatic heterocycles. The molecular weight excluding hydrogens is 361 g/mol. The number of carbonyl (C=O) groups is 1. The van der Waals surface area contributed by atoms with Gasteiger partial charge in [-0.15, -0.1) is 10.2 Å². The van der Waals surface area contributed by atoms with Crippen molar-refractivity contribution in [3.63, 3.8) is 0 Å². The van der Waals surface area contributed by atoms with Crippen LogP contribution in [0.5, 0.6) is 0 Å². The van der Waals surface area contributed by atoms with E-state index in [4.69, 9.17) is 23.2 Å². The first-order chi connectivity index (χ1) is 12.0. The Bertz CT molecular complexity index is 896. The lowest BCUT2D eigenvalue weighted by Gasteiger charge is -2.14. The summed E-state index contributed by atoms with van der Waals surface area (Å²) < 4.78 is 0. The molecule has 0 fully saturated rings. The van der Waals surface area contributed by atoms with Crippen molar-refractivity contribution < 1.29 is 4.79 Å². The van der Waals surface area contributed by atoms with Gasteiger partial charge in [0.1, 0.15) is 6.54 Å². The van der Waals surface area contributed by atoms with Gasteiger partial charge in [-0.1, -0.05) is 47.5 Å². The van der Waals surface area contributed by atoms with Gasteiger partial charge < -0.3 is 5.32 Å². The lowest BCUT2D eigenvalue weighted by molar-refractivity contribution is -0.122. The second-order valence-electron chi connectivity index (χ2n) is 5.50. The molecule has 0 radical (unpaired) electrons. The van der Waals surface area contributed by atoms with Gasteiger partial charge in [0.25, 0.3) is 0 Å². The van der Waals surface area contributed by atoms with Crippen molar-refractivity contribution in [2.75, 3.05) is 0 Å². The quantitative estimate of drug-likeness (QED) is 0.740. The molecule has 8 heteroatoms. The Kier molecular flexibility index (Phi) is 5.31. The number of hydrogen-bond acceptors (Lipinski definition) is 4. The predicted octanol–water partition coefficient (Wildman–Crippen LogP) is 3.52. The van der Waals surface area contributed by atoms with Gasteiger partial charge in [0.05, 0.1) is 6.04 Å². The Balaban J connectivity index is 1.64. The van der Waals surface area contributed by atoms with Gasteiger partial charge >= 0.3 is 0 Å². The van der Waals surface area contributed by atoms with Crippen LogP contribution in [0.15, 0.2) is 48.5 Å². The molecule has 25 heavy (non-hydrogen) atoms. The zero-order valence-electron chi connectivity index (χ0n) is 13.4. The third-order valence-electron chi connectivity index (χ3n) is 3.55. The van der Waals surface area contributed by atoms with E-state index in [1.165, 1.54) is 4.80 Å². The maximum Gasteiger partial charge on any atom is 0.244 e. The summed E-state index contributed by atoms with van der Waals surface area (Å²) >= 11 is 11.9. The summed E-state index contributed by atoms with van der Waals surface area (Å²) in [5.41, 5.74) is 1.67. The topological polar surface area (TPSA) is 72.7 Å². The highest BCUT2D eigenvalue weighted by Crippen LogP contribution is 2.19. The van der Waals surface area contributed by atoms with Gasteiger partial charge in [0.2, 0.25) is 11.7 Å². The molecule has 1 N–H and O–H groups in total. The summed E-state index contributed by atoms with van der Waals surface area (Å²) in [6, 6.07) is 14.3. The van der Waals surface area contributed by atoms with Gasteiger partial charge in [-0.3, -0.25) is 4.79 Å². The van der Waals surface area contributed by atoms with Crippen LogP contribution in [0, 0.1) is 0 Å². The monoisotopic (exact) mass is 375 g/mol. The molecule has 0 saturated carbocycles. The molecule has 1 heterocycles. The van der Waals surface area contributed by atoms with E-state index in [9.17, 15) is 4.79 Å². The van der Waals surface area contributed by atoms with E-state index in [0.29, 0.717) is 15.9 Å². The molecule has 3 rings (SSSR count). The highest BCUT2D eigenvalue weighted by Gasteiger charge is 2.13. The first-order valence-corrected chi connectivity index (χ1v) is 8.35. The summed E-state index contributed by atoms with van der Waals surface area (Å²) in [6.07, 6.45) is 0. The number of rotatable bonds is 5. The smallest absolute Gasteiger partial charge is 0.244 e. The van der Waals surface area contributed by atoms with E-state index in [-0.39, 0.29) is 18.5 Å². The minimum absolute atomic E-state index is 0.0293. The largest absolute Gasteiger partial charge is 0.348 e. The van der Waals surface area contributed by atoms with Crippen LogP contribution in [0.25, 0.3) is 11.4 Å². The van der Waals surface area contributed by atoms with E-state index in [2.05, 4.69) is 20.7 Å². The van der Waals surface area contributed by atoms with Crippen LogP contribution in [-0.4, -0.2) is 26.1 Å². The van der Waals surface area contributed by atoms with Crippen LogP contribution < -0.4 is 5.32 Å². The van der Waals surface area contributed by atoms with Gasteiger partial charge in [0.15, 0.2) is 0 Å². The molecule has 0 aliphatic heterocycles. The average molecular weight is 376 g/mol. The molecule has 0 spiro atoms. The van der Waals surface area contributed by atoms with Crippen LogP contribution in [0.1, 0.15) is 18.5 Å². The summed E-state index contributed by atoms with van der Waals surface area (Å²) in [6.45, 7) is 1.86. The number of carbonyl (C=O) groups excluding carboxylic acids is 1. The first-order valence-electron chi connectivity index (χ1n) is 7.60. The molecule has 0 aliphatic carbocycles. The average Bonchev–Trinajstić information content (AvgIpc) is 3.03. The van der Waals surface area contributed by atoms with E-state index in [0.717, 1.165) is 11.1 Å². The Morgan fingerprint density at radius 2 is 1.88 bits per heavy atom. The lowest BCUT2D eigenvalue weighted by atomic mass is 10.1. The number of nitrogens with zero attached hydrogens (tertiary/aromatic N) is 4. The Hall–Kier alpha value is -2.44. The molecule has 128 valence electrons. The standard InChI is InChI=1S/C17H15Cl2N5O/c1-11(12-4-2-6-14(18)8-12)20-16(25)10-24-22-17(21-23-24)13-5-3-7-15(19)9-13/h2-9,11H,10H2,1H3,(H,20,25). The Labute approximate surface area is 154 Å². The van der Waals surface area contributed by atoms with Crippen molar-refractivity contribution >= 4 is 29.1 Å². The Morgan fingerprint density at radius 1 is 1.16 bits per heavy atom. The van der Waals surface area contributed by atoms with Crippen molar-refractivity contribution in [2.45, 2.75) is 19.5 Å². The molecule has 1 atom stereocenters. The van der Waals surface area contributed by atoms with E-state index < -0.39 is 0 Å². The van der Waals surface area contributed by atoms with E-state index in [1.54, 1.807) is 24.3 Å². The molecule has 1 amide bonds. The zero-order valence-corrected chi connectivity index (χ0v) is 14.9. The van der Waals surface area contributed by atoms with Gasteiger partial charge in [-0.2, -0.15) is 4.80 Å².